The Morgan fingerprint density at radius 1 is 1.29 bits per heavy atom. The summed E-state index contributed by atoms with van der Waals surface area (Å²) < 4.78 is 0.902. The standard InChI is InChI=1S/C11H8Cl2IN3/c1-6-2-3-7(12)10(9(6)13)17-11-8(14)4-15-5-16-11/h2-5H,1H3,(H,15,16,17). The van der Waals surface area contributed by atoms with Gasteiger partial charge in [-0.3, -0.25) is 0 Å². The minimum atomic E-state index is 0.565. The summed E-state index contributed by atoms with van der Waals surface area (Å²) in [5, 5.41) is 4.30. The van der Waals surface area contributed by atoms with Crippen molar-refractivity contribution in [2.75, 3.05) is 5.32 Å². The Balaban J connectivity index is 2.43. The second-order valence-electron chi connectivity index (χ2n) is 3.40. The van der Waals surface area contributed by atoms with Crippen molar-refractivity contribution >= 4 is 57.3 Å². The third kappa shape index (κ3) is 2.81. The second kappa shape index (κ2) is 5.37. The zero-order valence-corrected chi connectivity index (χ0v) is 12.5. The first-order chi connectivity index (χ1) is 8.09. The van der Waals surface area contributed by atoms with Crippen molar-refractivity contribution in [3.8, 4) is 0 Å². The van der Waals surface area contributed by atoms with Gasteiger partial charge in [-0.15, -0.1) is 0 Å². The quantitative estimate of drug-likeness (QED) is 0.784. The van der Waals surface area contributed by atoms with Gasteiger partial charge in [0.2, 0.25) is 0 Å². The maximum Gasteiger partial charge on any atom is 0.147 e. The number of benzene rings is 1. The van der Waals surface area contributed by atoms with E-state index in [1.807, 2.05) is 13.0 Å². The molecule has 0 saturated carbocycles. The van der Waals surface area contributed by atoms with Crippen LogP contribution in [0.2, 0.25) is 10.0 Å². The topological polar surface area (TPSA) is 37.8 Å². The predicted molar refractivity (Wildman–Crippen MR) is 79.2 cm³/mol. The SMILES string of the molecule is Cc1ccc(Cl)c(Nc2ncncc2I)c1Cl. The molecule has 1 aromatic carbocycles. The average Bonchev–Trinajstić information content (AvgIpc) is 2.32. The lowest BCUT2D eigenvalue weighted by molar-refractivity contribution is 1.15. The molecule has 88 valence electrons. The third-order valence-electron chi connectivity index (χ3n) is 2.20. The molecular weight excluding hydrogens is 372 g/mol. The van der Waals surface area contributed by atoms with E-state index in [0.717, 1.165) is 9.13 Å². The zero-order chi connectivity index (χ0) is 12.4. The van der Waals surface area contributed by atoms with Gasteiger partial charge < -0.3 is 5.32 Å². The van der Waals surface area contributed by atoms with Crippen LogP contribution in [-0.4, -0.2) is 9.97 Å². The number of hydrogen-bond donors (Lipinski definition) is 1. The summed E-state index contributed by atoms with van der Waals surface area (Å²) in [6.07, 6.45) is 3.19. The molecule has 1 heterocycles. The fourth-order valence-electron chi connectivity index (χ4n) is 1.29. The molecule has 0 radical (unpaired) electrons. The van der Waals surface area contributed by atoms with E-state index in [4.69, 9.17) is 23.2 Å². The number of nitrogens with one attached hydrogen (secondary N) is 1. The number of halogens is 3. The van der Waals surface area contributed by atoms with Crippen LogP contribution in [0.15, 0.2) is 24.7 Å². The molecule has 0 aliphatic rings. The number of anilines is 2. The fourth-order valence-corrected chi connectivity index (χ4v) is 2.19. The summed E-state index contributed by atoms with van der Waals surface area (Å²) in [6.45, 7) is 1.93. The second-order valence-corrected chi connectivity index (χ2v) is 5.34. The Hall–Kier alpha value is -0.590. The summed E-state index contributed by atoms with van der Waals surface area (Å²) in [5.74, 6) is 0.690. The minimum Gasteiger partial charge on any atom is -0.337 e. The van der Waals surface area contributed by atoms with Crippen LogP contribution in [0.1, 0.15) is 5.56 Å². The summed E-state index contributed by atoms with van der Waals surface area (Å²) in [5.41, 5.74) is 1.63. The Kier molecular flexibility index (Phi) is 4.06. The molecule has 0 bridgehead atoms. The molecule has 17 heavy (non-hydrogen) atoms. The summed E-state index contributed by atoms with van der Waals surface area (Å²) in [7, 11) is 0. The fraction of sp³-hybridized carbons (Fsp3) is 0.0909. The van der Waals surface area contributed by atoms with Crippen LogP contribution >= 0.6 is 45.8 Å². The Labute approximate surface area is 123 Å². The smallest absolute Gasteiger partial charge is 0.147 e. The van der Waals surface area contributed by atoms with Crippen LogP contribution in [0.5, 0.6) is 0 Å². The van der Waals surface area contributed by atoms with Crippen molar-refractivity contribution in [2.24, 2.45) is 0 Å². The zero-order valence-electron chi connectivity index (χ0n) is 8.84. The molecule has 0 aliphatic heterocycles. The minimum absolute atomic E-state index is 0.565. The van der Waals surface area contributed by atoms with Gasteiger partial charge in [0, 0.05) is 6.20 Å². The van der Waals surface area contributed by atoms with Crippen molar-refractivity contribution in [3.63, 3.8) is 0 Å². The maximum atomic E-state index is 6.21. The van der Waals surface area contributed by atoms with E-state index in [1.54, 1.807) is 12.3 Å². The number of aromatic nitrogens is 2. The van der Waals surface area contributed by atoms with Crippen molar-refractivity contribution in [1.82, 2.24) is 9.97 Å². The van der Waals surface area contributed by atoms with E-state index < -0.39 is 0 Å². The van der Waals surface area contributed by atoms with E-state index in [1.165, 1.54) is 6.33 Å². The van der Waals surface area contributed by atoms with Gasteiger partial charge >= 0.3 is 0 Å². The summed E-state index contributed by atoms with van der Waals surface area (Å²) in [4.78, 5) is 8.06. The molecular formula is C11H8Cl2IN3. The van der Waals surface area contributed by atoms with E-state index >= 15 is 0 Å². The van der Waals surface area contributed by atoms with Gasteiger partial charge in [0.25, 0.3) is 0 Å². The lowest BCUT2D eigenvalue weighted by Gasteiger charge is -2.12. The van der Waals surface area contributed by atoms with Gasteiger partial charge in [-0.2, -0.15) is 0 Å². The Bertz CT molecular complexity index is 560. The first-order valence-electron chi connectivity index (χ1n) is 4.76. The van der Waals surface area contributed by atoms with Gasteiger partial charge in [0.15, 0.2) is 0 Å². The number of aryl methyl sites for hydroxylation is 1. The van der Waals surface area contributed by atoms with Gasteiger partial charge in [-0.25, -0.2) is 9.97 Å². The van der Waals surface area contributed by atoms with Crippen molar-refractivity contribution in [2.45, 2.75) is 6.92 Å². The Morgan fingerprint density at radius 3 is 2.76 bits per heavy atom. The van der Waals surface area contributed by atoms with Crippen LogP contribution in [0.4, 0.5) is 11.5 Å². The lowest BCUT2D eigenvalue weighted by Crippen LogP contribution is -1.99. The summed E-state index contributed by atoms with van der Waals surface area (Å²) >= 11 is 14.5. The van der Waals surface area contributed by atoms with Gasteiger partial charge in [-0.1, -0.05) is 29.3 Å². The molecule has 6 heteroatoms. The number of nitrogens with zero attached hydrogens (tertiary/aromatic N) is 2. The van der Waals surface area contributed by atoms with Crippen LogP contribution in [0.3, 0.4) is 0 Å². The molecule has 0 unspecified atom stereocenters. The molecule has 2 aromatic rings. The maximum absolute atomic E-state index is 6.21. The largest absolute Gasteiger partial charge is 0.337 e. The normalized spacial score (nSPS) is 10.4. The molecule has 0 saturated heterocycles. The predicted octanol–water partition coefficient (Wildman–Crippen LogP) is 4.44. The number of rotatable bonds is 2. The van der Waals surface area contributed by atoms with Crippen molar-refractivity contribution in [1.29, 1.82) is 0 Å². The van der Waals surface area contributed by atoms with E-state index in [-0.39, 0.29) is 0 Å². The molecule has 0 atom stereocenters. The monoisotopic (exact) mass is 379 g/mol. The van der Waals surface area contributed by atoms with E-state index in [2.05, 4.69) is 37.9 Å². The van der Waals surface area contributed by atoms with Gasteiger partial charge in [0.1, 0.15) is 12.1 Å². The average molecular weight is 380 g/mol. The third-order valence-corrected chi connectivity index (χ3v) is 3.79. The highest BCUT2D eigenvalue weighted by Gasteiger charge is 2.10. The highest BCUT2D eigenvalue weighted by molar-refractivity contribution is 14.1. The summed E-state index contributed by atoms with van der Waals surface area (Å²) in [6, 6.07) is 3.68. The van der Waals surface area contributed by atoms with Gasteiger partial charge in [0.05, 0.1) is 19.3 Å². The molecule has 2 rings (SSSR count). The van der Waals surface area contributed by atoms with E-state index in [9.17, 15) is 0 Å². The molecule has 1 aromatic heterocycles. The van der Waals surface area contributed by atoms with Crippen LogP contribution in [0.25, 0.3) is 0 Å². The van der Waals surface area contributed by atoms with Crippen LogP contribution in [0, 0.1) is 10.5 Å². The Morgan fingerprint density at radius 2 is 2.06 bits per heavy atom. The first-order valence-corrected chi connectivity index (χ1v) is 6.60. The lowest BCUT2D eigenvalue weighted by atomic mass is 10.2. The molecule has 1 N–H and O–H groups in total. The molecule has 0 spiro atoms. The molecule has 0 amide bonds. The number of hydrogen-bond acceptors (Lipinski definition) is 3. The van der Waals surface area contributed by atoms with Crippen molar-refractivity contribution < 1.29 is 0 Å². The highest BCUT2D eigenvalue weighted by Crippen LogP contribution is 2.35. The van der Waals surface area contributed by atoms with Crippen LogP contribution in [-0.2, 0) is 0 Å². The molecule has 0 fully saturated rings. The van der Waals surface area contributed by atoms with Crippen molar-refractivity contribution in [3.05, 3.63) is 43.8 Å². The van der Waals surface area contributed by atoms with Crippen LogP contribution < -0.4 is 5.32 Å². The molecule has 3 nitrogen and oxygen atoms in total. The first kappa shape index (κ1) is 12.9. The molecule has 0 aliphatic carbocycles. The highest BCUT2D eigenvalue weighted by atomic mass is 127. The van der Waals surface area contributed by atoms with E-state index in [0.29, 0.717) is 21.6 Å². The van der Waals surface area contributed by atoms with Gasteiger partial charge in [-0.05, 0) is 41.1 Å².